The number of nitrogens with zero attached hydrogens (tertiary/aromatic N) is 1. The number of hydrogen-bond donors (Lipinski definition) is 2. The summed E-state index contributed by atoms with van der Waals surface area (Å²) < 4.78 is 51.8. The first-order valence-electron chi connectivity index (χ1n) is 8.90. The Bertz CT molecular complexity index is 809. The second-order valence-corrected chi connectivity index (χ2v) is 5.94. The Labute approximate surface area is 167 Å². The lowest BCUT2D eigenvalue weighted by atomic mass is 10.2. The Morgan fingerprint density at radius 2 is 1.69 bits per heavy atom. The summed E-state index contributed by atoms with van der Waals surface area (Å²) in [7, 11) is 3.12. The van der Waals surface area contributed by atoms with Gasteiger partial charge >= 0.3 is 6.18 Å². The molecule has 0 aromatic heterocycles. The van der Waals surface area contributed by atoms with Crippen molar-refractivity contribution in [1.82, 2.24) is 5.32 Å². The number of benzene rings is 2. The van der Waals surface area contributed by atoms with Crippen LogP contribution < -0.4 is 24.8 Å². The molecule has 0 saturated carbocycles. The fraction of sp³-hybridized carbons (Fsp3) is 0.350. The molecule has 0 radical (unpaired) electrons. The highest BCUT2D eigenvalue weighted by Gasteiger charge is 2.28. The number of nitrogens with one attached hydrogen (secondary N) is 2. The van der Waals surface area contributed by atoms with Crippen molar-refractivity contribution in [3.63, 3.8) is 0 Å². The molecule has 0 fully saturated rings. The number of halogens is 3. The largest absolute Gasteiger partial charge is 0.493 e. The summed E-state index contributed by atoms with van der Waals surface area (Å²) >= 11 is 0. The van der Waals surface area contributed by atoms with E-state index in [0.29, 0.717) is 30.5 Å². The average molecular weight is 411 g/mol. The van der Waals surface area contributed by atoms with Crippen LogP contribution in [-0.4, -0.2) is 39.5 Å². The van der Waals surface area contributed by atoms with Crippen molar-refractivity contribution < 1.29 is 27.4 Å². The zero-order valence-corrected chi connectivity index (χ0v) is 16.5. The fourth-order valence-electron chi connectivity index (χ4n) is 2.38. The molecular weight excluding hydrogens is 387 g/mol. The summed E-state index contributed by atoms with van der Waals surface area (Å²) in [4.78, 5) is 4.49. The quantitative estimate of drug-likeness (QED) is 0.503. The maximum absolute atomic E-state index is 12.2. The van der Waals surface area contributed by atoms with Crippen LogP contribution in [0.1, 0.15) is 12.5 Å². The van der Waals surface area contributed by atoms with Crippen LogP contribution >= 0.6 is 0 Å². The van der Waals surface area contributed by atoms with Gasteiger partial charge in [0.1, 0.15) is 5.75 Å². The molecule has 2 rings (SSSR count). The predicted octanol–water partition coefficient (Wildman–Crippen LogP) is 4.22. The first-order chi connectivity index (χ1) is 13.8. The van der Waals surface area contributed by atoms with Gasteiger partial charge in [-0.1, -0.05) is 12.1 Å². The normalized spacial score (nSPS) is 11.7. The Balaban J connectivity index is 2.03. The van der Waals surface area contributed by atoms with Gasteiger partial charge in [-0.2, -0.15) is 13.2 Å². The fourth-order valence-corrected chi connectivity index (χ4v) is 2.38. The first kappa shape index (κ1) is 22.2. The van der Waals surface area contributed by atoms with Gasteiger partial charge in [0, 0.05) is 18.3 Å². The molecule has 2 N–H and O–H groups in total. The van der Waals surface area contributed by atoms with Crippen molar-refractivity contribution in [3.8, 4) is 17.2 Å². The molecular formula is C20H24F3N3O3. The van der Waals surface area contributed by atoms with Crippen LogP contribution in [0.2, 0.25) is 0 Å². The van der Waals surface area contributed by atoms with Gasteiger partial charge < -0.3 is 24.8 Å². The first-order valence-corrected chi connectivity index (χ1v) is 8.90. The number of rotatable bonds is 8. The van der Waals surface area contributed by atoms with E-state index in [4.69, 9.17) is 14.2 Å². The van der Waals surface area contributed by atoms with E-state index in [1.807, 2.05) is 13.0 Å². The van der Waals surface area contributed by atoms with E-state index in [0.717, 1.165) is 11.3 Å². The lowest BCUT2D eigenvalue weighted by molar-refractivity contribution is -0.153. The lowest BCUT2D eigenvalue weighted by Gasteiger charge is -2.14. The maximum Gasteiger partial charge on any atom is 0.422 e. The Morgan fingerprint density at radius 3 is 2.28 bits per heavy atom. The zero-order chi connectivity index (χ0) is 21.3. The summed E-state index contributed by atoms with van der Waals surface area (Å²) in [6.07, 6.45) is -4.36. The lowest BCUT2D eigenvalue weighted by Crippen LogP contribution is -2.30. The van der Waals surface area contributed by atoms with E-state index >= 15 is 0 Å². The molecule has 0 unspecified atom stereocenters. The number of ether oxygens (including phenoxy) is 3. The van der Waals surface area contributed by atoms with Gasteiger partial charge in [0.05, 0.1) is 20.8 Å². The molecule has 0 spiro atoms. The predicted molar refractivity (Wildman–Crippen MR) is 106 cm³/mol. The van der Waals surface area contributed by atoms with Gasteiger partial charge in [0.15, 0.2) is 24.1 Å². The van der Waals surface area contributed by atoms with E-state index in [1.54, 1.807) is 38.5 Å². The third-order valence-electron chi connectivity index (χ3n) is 3.74. The molecule has 2 aromatic carbocycles. The molecule has 0 amide bonds. The summed E-state index contributed by atoms with van der Waals surface area (Å²) in [6.45, 7) is 1.62. The smallest absolute Gasteiger partial charge is 0.422 e. The van der Waals surface area contributed by atoms with Gasteiger partial charge in [0.2, 0.25) is 0 Å². The van der Waals surface area contributed by atoms with Gasteiger partial charge in [-0.3, -0.25) is 0 Å². The van der Waals surface area contributed by atoms with Crippen molar-refractivity contribution in [2.24, 2.45) is 4.99 Å². The molecule has 2 aromatic rings. The molecule has 29 heavy (non-hydrogen) atoms. The molecule has 0 atom stereocenters. The highest BCUT2D eigenvalue weighted by atomic mass is 19.4. The van der Waals surface area contributed by atoms with Crippen LogP contribution in [0, 0.1) is 0 Å². The summed E-state index contributed by atoms with van der Waals surface area (Å²) in [5.41, 5.74) is 1.59. The SMILES string of the molecule is CCNC(=NCc1ccc(OCC(F)(F)F)cc1)Nc1ccc(OC)c(OC)c1. The summed E-state index contributed by atoms with van der Waals surface area (Å²) in [6, 6.07) is 11.7. The highest BCUT2D eigenvalue weighted by molar-refractivity contribution is 5.93. The number of anilines is 1. The van der Waals surface area contributed by atoms with Gasteiger partial charge in [-0.15, -0.1) is 0 Å². The molecule has 0 aliphatic carbocycles. The molecule has 0 aliphatic rings. The number of methoxy groups -OCH3 is 2. The average Bonchev–Trinajstić information content (AvgIpc) is 2.70. The summed E-state index contributed by atoms with van der Waals surface area (Å²) in [5, 5.41) is 6.31. The third kappa shape index (κ3) is 7.44. The van der Waals surface area contributed by atoms with Crippen molar-refractivity contribution in [1.29, 1.82) is 0 Å². The van der Waals surface area contributed by atoms with Gasteiger partial charge in [-0.05, 0) is 36.8 Å². The van der Waals surface area contributed by atoms with Crippen molar-refractivity contribution in [2.75, 3.05) is 32.7 Å². The minimum Gasteiger partial charge on any atom is -0.493 e. The minimum atomic E-state index is -4.36. The van der Waals surface area contributed by atoms with Crippen LogP contribution in [0.5, 0.6) is 17.2 Å². The van der Waals surface area contributed by atoms with E-state index in [1.165, 1.54) is 12.1 Å². The molecule has 9 heteroatoms. The van der Waals surface area contributed by atoms with Crippen molar-refractivity contribution in [2.45, 2.75) is 19.6 Å². The summed E-state index contributed by atoms with van der Waals surface area (Å²) in [5.74, 6) is 1.91. The van der Waals surface area contributed by atoms with E-state index < -0.39 is 12.8 Å². The van der Waals surface area contributed by atoms with Crippen LogP contribution in [0.25, 0.3) is 0 Å². The van der Waals surface area contributed by atoms with Crippen molar-refractivity contribution >= 4 is 11.6 Å². The van der Waals surface area contributed by atoms with Gasteiger partial charge in [0.25, 0.3) is 0 Å². The molecule has 0 bridgehead atoms. The van der Waals surface area contributed by atoms with Gasteiger partial charge in [-0.25, -0.2) is 4.99 Å². The monoisotopic (exact) mass is 411 g/mol. The molecule has 6 nitrogen and oxygen atoms in total. The topological polar surface area (TPSA) is 64.1 Å². The second kappa shape index (κ2) is 10.4. The standard InChI is InChI=1S/C20H24F3N3O3/c1-4-24-19(26-15-7-10-17(27-2)18(11-15)28-3)25-12-14-5-8-16(9-6-14)29-13-20(21,22)23/h5-11H,4,12-13H2,1-3H3,(H2,24,25,26). The highest BCUT2D eigenvalue weighted by Crippen LogP contribution is 2.29. The third-order valence-corrected chi connectivity index (χ3v) is 3.74. The van der Waals surface area contributed by atoms with Crippen molar-refractivity contribution in [3.05, 3.63) is 48.0 Å². The second-order valence-electron chi connectivity index (χ2n) is 5.94. The molecule has 158 valence electrons. The Hall–Kier alpha value is -3.10. The number of aliphatic imine (C=N–C) groups is 1. The van der Waals surface area contributed by atoms with Crippen LogP contribution in [0.4, 0.5) is 18.9 Å². The molecule has 0 heterocycles. The maximum atomic E-state index is 12.2. The zero-order valence-electron chi connectivity index (χ0n) is 16.5. The number of alkyl halides is 3. The Kier molecular flexibility index (Phi) is 7.99. The van der Waals surface area contributed by atoms with E-state index in [2.05, 4.69) is 15.6 Å². The number of hydrogen-bond acceptors (Lipinski definition) is 4. The van der Waals surface area contributed by atoms with Crippen LogP contribution in [0.3, 0.4) is 0 Å². The number of guanidine groups is 1. The molecule has 0 saturated heterocycles. The van der Waals surface area contributed by atoms with Crippen LogP contribution in [0.15, 0.2) is 47.5 Å². The van der Waals surface area contributed by atoms with Crippen LogP contribution in [-0.2, 0) is 6.54 Å². The van der Waals surface area contributed by atoms with E-state index in [9.17, 15) is 13.2 Å². The molecule has 0 aliphatic heterocycles. The van der Waals surface area contributed by atoms with E-state index in [-0.39, 0.29) is 5.75 Å². The minimum absolute atomic E-state index is 0.158. The Morgan fingerprint density at radius 1 is 1.00 bits per heavy atom.